The van der Waals surface area contributed by atoms with E-state index in [-0.39, 0.29) is 12.4 Å². The first-order valence-electron chi connectivity index (χ1n) is 3.53. The Labute approximate surface area is 94.3 Å². The van der Waals surface area contributed by atoms with E-state index in [0.29, 0.717) is 10.9 Å². The summed E-state index contributed by atoms with van der Waals surface area (Å²) in [5.41, 5.74) is 1.78. The van der Waals surface area contributed by atoms with Gasteiger partial charge in [-0.1, -0.05) is 11.6 Å². The van der Waals surface area contributed by atoms with E-state index < -0.39 is 0 Å². The molecule has 0 saturated carbocycles. The molecule has 1 aromatic heterocycles. The van der Waals surface area contributed by atoms with Gasteiger partial charge in [-0.3, -0.25) is 4.98 Å². The highest BCUT2D eigenvalue weighted by Gasteiger charge is 2.03. The minimum atomic E-state index is 0. The molecule has 0 fully saturated rings. The number of rotatable bonds is 2. The molecule has 74 valence electrons. The average Bonchev–Trinajstić information content (AvgIpc) is 2.05. The Hall–Kier alpha value is -0.180. The van der Waals surface area contributed by atoms with Crippen molar-refractivity contribution in [1.82, 2.24) is 4.98 Å². The van der Waals surface area contributed by atoms with Crippen molar-refractivity contribution in [3.8, 4) is 0 Å². The minimum absolute atomic E-state index is 0. The summed E-state index contributed by atoms with van der Waals surface area (Å²) in [5, 5.41) is 0.647. The van der Waals surface area contributed by atoms with Gasteiger partial charge in [0.1, 0.15) is 0 Å². The first kappa shape index (κ1) is 12.8. The van der Waals surface area contributed by atoms with Crippen molar-refractivity contribution in [2.45, 2.75) is 5.88 Å². The zero-order valence-corrected chi connectivity index (χ0v) is 9.75. The van der Waals surface area contributed by atoms with Crippen LogP contribution in [0.3, 0.4) is 0 Å². The molecule has 0 unspecified atom stereocenters. The fraction of sp³-hybridized carbons (Fsp3) is 0.375. The molecule has 1 rings (SSSR count). The Bertz CT molecular complexity index is 276. The van der Waals surface area contributed by atoms with E-state index in [2.05, 4.69) is 4.98 Å². The highest BCUT2D eigenvalue weighted by molar-refractivity contribution is 6.33. The molecule has 0 aliphatic rings. The number of aromatic nitrogens is 1. The summed E-state index contributed by atoms with van der Waals surface area (Å²) in [5.74, 6) is 0.415. The number of hydrogen-bond acceptors (Lipinski definition) is 2. The van der Waals surface area contributed by atoms with E-state index in [1.54, 1.807) is 6.20 Å². The van der Waals surface area contributed by atoms with Crippen LogP contribution >= 0.6 is 35.6 Å². The van der Waals surface area contributed by atoms with Crippen LogP contribution in [-0.4, -0.2) is 19.1 Å². The molecule has 0 radical (unpaired) electrons. The second kappa shape index (κ2) is 5.53. The first-order chi connectivity index (χ1) is 5.65. The molecule has 1 heterocycles. The predicted molar refractivity (Wildman–Crippen MR) is 60.4 cm³/mol. The summed E-state index contributed by atoms with van der Waals surface area (Å²) in [6.07, 6.45) is 1.62. The molecule has 0 aliphatic carbocycles. The van der Waals surface area contributed by atoms with Crippen LogP contribution in [0.25, 0.3) is 0 Å². The van der Waals surface area contributed by atoms with Gasteiger partial charge in [-0.05, 0) is 6.07 Å². The molecule has 13 heavy (non-hydrogen) atoms. The molecule has 0 N–H and O–H groups in total. The van der Waals surface area contributed by atoms with Gasteiger partial charge in [-0.25, -0.2) is 0 Å². The lowest BCUT2D eigenvalue weighted by Gasteiger charge is -2.14. The summed E-state index contributed by atoms with van der Waals surface area (Å²) >= 11 is 11.5. The van der Waals surface area contributed by atoms with Crippen LogP contribution in [0.4, 0.5) is 5.69 Å². The predicted octanol–water partition coefficient (Wildman–Crippen LogP) is 2.96. The van der Waals surface area contributed by atoms with E-state index in [9.17, 15) is 0 Å². The smallest absolute Gasteiger partial charge is 0.0822 e. The maximum absolute atomic E-state index is 5.90. The van der Waals surface area contributed by atoms with E-state index in [0.717, 1.165) is 11.4 Å². The average molecular weight is 242 g/mol. The van der Waals surface area contributed by atoms with Crippen LogP contribution in [0.5, 0.6) is 0 Å². The monoisotopic (exact) mass is 240 g/mol. The molecule has 5 heteroatoms. The highest BCUT2D eigenvalue weighted by atomic mass is 35.5. The number of halogens is 3. The van der Waals surface area contributed by atoms with Crippen molar-refractivity contribution < 1.29 is 0 Å². The van der Waals surface area contributed by atoms with Gasteiger partial charge >= 0.3 is 0 Å². The van der Waals surface area contributed by atoms with Crippen LogP contribution in [0.2, 0.25) is 5.02 Å². The van der Waals surface area contributed by atoms with Crippen LogP contribution < -0.4 is 4.90 Å². The van der Waals surface area contributed by atoms with Gasteiger partial charge < -0.3 is 4.90 Å². The summed E-state index contributed by atoms with van der Waals surface area (Å²) in [4.78, 5) is 5.98. The van der Waals surface area contributed by atoms with Gasteiger partial charge in [0.2, 0.25) is 0 Å². The first-order valence-corrected chi connectivity index (χ1v) is 4.44. The molecule has 0 atom stereocenters. The minimum Gasteiger partial charge on any atom is -0.376 e. The number of pyridine rings is 1. The highest BCUT2D eigenvalue weighted by Crippen LogP contribution is 2.23. The van der Waals surface area contributed by atoms with Gasteiger partial charge in [0.25, 0.3) is 0 Å². The van der Waals surface area contributed by atoms with Crippen molar-refractivity contribution in [3.05, 3.63) is 23.0 Å². The van der Waals surface area contributed by atoms with Crippen LogP contribution in [-0.2, 0) is 5.88 Å². The van der Waals surface area contributed by atoms with Gasteiger partial charge in [0, 0.05) is 20.3 Å². The Morgan fingerprint density at radius 3 is 2.54 bits per heavy atom. The maximum atomic E-state index is 5.90. The molecule has 0 aliphatic heterocycles. The molecular formula is C8H11Cl3N2. The van der Waals surface area contributed by atoms with Crippen molar-refractivity contribution in [2.24, 2.45) is 0 Å². The zero-order valence-electron chi connectivity index (χ0n) is 7.42. The lowest BCUT2D eigenvalue weighted by molar-refractivity contribution is 1.09. The topological polar surface area (TPSA) is 16.1 Å². The van der Waals surface area contributed by atoms with Crippen molar-refractivity contribution in [3.63, 3.8) is 0 Å². The number of hydrogen-bond donors (Lipinski definition) is 0. The summed E-state index contributed by atoms with van der Waals surface area (Å²) in [6.45, 7) is 0. The lowest BCUT2D eigenvalue weighted by atomic mass is 10.3. The Kier molecular flexibility index (Phi) is 5.45. The molecule has 1 aromatic rings. The van der Waals surface area contributed by atoms with Crippen molar-refractivity contribution in [1.29, 1.82) is 0 Å². The van der Waals surface area contributed by atoms with Gasteiger partial charge in [-0.15, -0.1) is 24.0 Å². The summed E-state index contributed by atoms with van der Waals surface area (Å²) in [6, 6.07) is 1.88. The SMILES string of the molecule is CN(C)c1cc(CCl)ncc1Cl.Cl. The summed E-state index contributed by atoms with van der Waals surface area (Å²) in [7, 11) is 3.86. The lowest BCUT2D eigenvalue weighted by Crippen LogP contribution is -2.09. The Morgan fingerprint density at radius 1 is 1.46 bits per heavy atom. The third kappa shape index (κ3) is 3.22. The van der Waals surface area contributed by atoms with Crippen LogP contribution in [0.15, 0.2) is 12.3 Å². The summed E-state index contributed by atoms with van der Waals surface area (Å²) < 4.78 is 0. The van der Waals surface area contributed by atoms with Crippen LogP contribution in [0.1, 0.15) is 5.69 Å². The molecule has 0 bridgehead atoms. The van der Waals surface area contributed by atoms with E-state index in [1.807, 2.05) is 25.1 Å². The molecular weight excluding hydrogens is 230 g/mol. The van der Waals surface area contributed by atoms with Crippen molar-refractivity contribution in [2.75, 3.05) is 19.0 Å². The fourth-order valence-electron chi connectivity index (χ4n) is 0.886. The number of nitrogens with zero attached hydrogens (tertiary/aromatic N) is 2. The van der Waals surface area contributed by atoms with Gasteiger partial charge in [0.15, 0.2) is 0 Å². The van der Waals surface area contributed by atoms with E-state index in [4.69, 9.17) is 23.2 Å². The third-order valence-electron chi connectivity index (χ3n) is 1.51. The molecule has 0 aromatic carbocycles. The molecule has 0 spiro atoms. The number of anilines is 1. The normalized spacial score (nSPS) is 9.23. The van der Waals surface area contributed by atoms with Gasteiger partial charge in [0.05, 0.1) is 22.3 Å². The Morgan fingerprint density at radius 2 is 2.08 bits per heavy atom. The van der Waals surface area contributed by atoms with Crippen LogP contribution in [0, 0.1) is 0 Å². The standard InChI is InChI=1S/C8H10Cl2N2.ClH/c1-12(2)8-3-6(4-9)11-5-7(8)10;/h3,5H,4H2,1-2H3;1H. The van der Waals surface area contributed by atoms with E-state index >= 15 is 0 Å². The van der Waals surface area contributed by atoms with Crippen molar-refractivity contribution >= 4 is 41.3 Å². The third-order valence-corrected chi connectivity index (χ3v) is 2.08. The maximum Gasteiger partial charge on any atom is 0.0822 e. The quantitative estimate of drug-likeness (QED) is 0.740. The fourth-order valence-corrected chi connectivity index (χ4v) is 1.30. The largest absolute Gasteiger partial charge is 0.376 e. The molecule has 0 amide bonds. The zero-order chi connectivity index (χ0) is 9.14. The molecule has 0 saturated heterocycles. The number of alkyl halides is 1. The van der Waals surface area contributed by atoms with Gasteiger partial charge in [-0.2, -0.15) is 0 Å². The second-order valence-electron chi connectivity index (χ2n) is 2.66. The van der Waals surface area contributed by atoms with E-state index in [1.165, 1.54) is 0 Å². The second-order valence-corrected chi connectivity index (χ2v) is 3.33. The molecule has 2 nitrogen and oxygen atoms in total. The Balaban J connectivity index is 0.00000144.